The van der Waals surface area contributed by atoms with Gasteiger partial charge in [-0.1, -0.05) is 29.8 Å². The molecule has 1 unspecified atom stereocenters. The molecule has 0 bridgehead atoms. The lowest BCUT2D eigenvalue weighted by molar-refractivity contribution is -0.198. The minimum absolute atomic E-state index is 0.108. The molecule has 0 saturated carbocycles. The number of ether oxygens (including phenoxy) is 2. The van der Waals surface area contributed by atoms with Crippen LogP contribution in [0, 0.1) is 5.41 Å². The average Bonchev–Trinajstić information content (AvgIpc) is 3.31. The number of aromatic nitrogens is 2. The monoisotopic (exact) mass is 564 g/mol. The number of nitrogens with one attached hydrogen (secondary N) is 1. The molecule has 5 rings (SSSR count). The van der Waals surface area contributed by atoms with Gasteiger partial charge in [-0.2, -0.15) is 18.2 Å². The quantitative estimate of drug-likeness (QED) is 0.438. The van der Waals surface area contributed by atoms with E-state index in [9.17, 15) is 23.1 Å². The smallest absolute Gasteiger partial charge is 0.429 e. The molecule has 4 N–H and O–H groups in total. The van der Waals surface area contributed by atoms with Crippen LogP contribution in [0.15, 0.2) is 36.4 Å². The Bertz CT molecular complexity index is 1330. The van der Waals surface area contributed by atoms with E-state index in [4.69, 9.17) is 26.8 Å². The Morgan fingerprint density at radius 2 is 2.08 bits per heavy atom. The molecule has 39 heavy (non-hydrogen) atoms. The number of aliphatic carboxylic acids is 1. The van der Waals surface area contributed by atoms with Crippen LogP contribution in [0.2, 0.25) is 5.02 Å². The molecule has 2 aromatic rings. The molecule has 1 aliphatic carbocycles. The molecule has 1 saturated heterocycles. The van der Waals surface area contributed by atoms with Crippen LogP contribution in [0.3, 0.4) is 0 Å². The van der Waals surface area contributed by atoms with Gasteiger partial charge in [0.25, 0.3) is 0 Å². The molecule has 0 radical (unpaired) electrons. The van der Waals surface area contributed by atoms with Gasteiger partial charge in [-0.05, 0) is 66.4 Å². The first kappa shape index (κ1) is 27.4. The molecule has 1 aromatic heterocycles. The second-order valence-electron chi connectivity index (χ2n) is 10.2. The third-order valence-electron chi connectivity index (χ3n) is 7.50. The molecule has 3 heterocycles. The Morgan fingerprint density at radius 3 is 2.72 bits per heavy atom. The van der Waals surface area contributed by atoms with Crippen molar-refractivity contribution in [3.05, 3.63) is 58.3 Å². The van der Waals surface area contributed by atoms with Gasteiger partial charge in [-0.15, -0.1) is 0 Å². The molecule has 0 amide bonds. The second-order valence-corrected chi connectivity index (χ2v) is 10.6. The van der Waals surface area contributed by atoms with Crippen LogP contribution < -0.4 is 15.8 Å². The number of benzene rings is 1. The van der Waals surface area contributed by atoms with Crippen LogP contribution in [0.5, 0.6) is 5.88 Å². The van der Waals surface area contributed by atoms with Crippen molar-refractivity contribution >= 4 is 34.7 Å². The Labute approximate surface area is 228 Å². The fraction of sp³-hybridized carbons (Fsp3) is 0.444. The summed E-state index contributed by atoms with van der Waals surface area (Å²) in [6, 6.07) is 4.96. The first-order chi connectivity index (χ1) is 18.5. The highest BCUT2D eigenvalue weighted by Crippen LogP contribution is 2.45. The maximum atomic E-state index is 14.4. The number of hydrogen-bond donors (Lipinski definition) is 3. The summed E-state index contributed by atoms with van der Waals surface area (Å²) in [6.07, 6.45) is -0.313. The number of nitrogens with zero attached hydrogens (tertiary/aromatic N) is 2. The summed E-state index contributed by atoms with van der Waals surface area (Å²) >= 11 is 6.14. The fourth-order valence-corrected chi connectivity index (χ4v) is 5.66. The van der Waals surface area contributed by atoms with Crippen molar-refractivity contribution < 1.29 is 32.5 Å². The van der Waals surface area contributed by atoms with E-state index in [0.717, 1.165) is 5.57 Å². The minimum atomic E-state index is -4.77. The van der Waals surface area contributed by atoms with Crippen molar-refractivity contribution in [1.82, 2.24) is 15.3 Å². The number of alkyl halides is 3. The third-order valence-corrected chi connectivity index (χ3v) is 7.74. The first-order valence-electron chi connectivity index (χ1n) is 12.6. The topological polar surface area (TPSA) is 120 Å². The van der Waals surface area contributed by atoms with Crippen LogP contribution in [0.25, 0.3) is 11.1 Å². The first-order valence-corrected chi connectivity index (χ1v) is 13.0. The molecular formula is C27H28ClF3N4O4. The van der Waals surface area contributed by atoms with Gasteiger partial charge in [0.1, 0.15) is 6.04 Å². The van der Waals surface area contributed by atoms with Crippen LogP contribution in [-0.2, 0) is 9.53 Å². The van der Waals surface area contributed by atoms with Gasteiger partial charge in [0.15, 0.2) is 0 Å². The van der Waals surface area contributed by atoms with E-state index in [0.29, 0.717) is 67.1 Å². The highest BCUT2D eigenvalue weighted by atomic mass is 35.5. The predicted molar refractivity (Wildman–Crippen MR) is 139 cm³/mol. The molecule has 3 atom stereocenters. The zero-order valence-electron chi connectivity index (χ0n) is 20.9. The maximum absolute atomic E-state index is 14.4. The van der Waals surface area contributed by atoms with Gasteiger partial charge in [0.2, 0.25) is 17.9 Å². The van der Waals surface area contributed by atoms with E-state index in [1.165, 1.54) is 24.3 Å². The highest BCUT2D eigenvalue weighted by molar-refractivity contribution is 6.30. The Balaban J connectivity index is 1.43. The number of carboxylic acid groups (broad SMARTS) is 1. The van der Waals surface area contributed by atoms with E-state index < -0.39 is 24.3 Å². The predicted octanol–water partition coefficient (Wildman–Crippen LogP) is 5.20. The summed E-state index contributed by atoms with van der Waals surface area (Å²) in [4.78, 5) is 19.5. The van der Waals surface area contributed by atoms with Crippen molar-refractivity contribution in [3.8, 4) is 5.88 Å². The number of nitrogens with two attached hydrogens (primary N) is 1. The number of anilines is 1. The van der Waals surface area contributed by atoms with E-state index in [1.54, 1.807) is 0 Å². The molecule has 12 heteroatoms. The second kappa shape index (κ2) is 10.8. The van der Waals surface area contributed by atoms with Crippen LogP contribution in [0.1, 0.15) is 55.0 Å². The number of allylic oxidation sites excluding steroid dienone is 2. The molecule has 1 fully saturated rings. The largest absolute Gasteiger partial charge is 0.480 e. The van der Waals surface area contributed by atoms with Crippen molar-refractivity contribution in [1.29, 1.82) is 0 Å². The summed E-state index contributed by atoms with van der Waals surface area (Å²) in [6.45, 7) is 1.25. The summed E-state index contributed by atoms with van der Waals surface area (Å²) < 4.78 is 54.2. The maximum Gasteiger partial charge on any atom is 0.429 e. The lowest BCUT2D eigenvalue weighted by Gasteiger charge is -2.32. The molecule has 2 aliphatic heterocycles. The van der Waals surface area contributed by atoms with Gasteiger partial charge >= 0.3 is 12.1 Å². The molecule has 3 aliphatic rings. The zero-order chi connectivity index (χ0) is 27.8. The number of halogens is 4. The molecule has 1 aromatic carbocycles. The summed E-state index contributed by atoms with van der Waals surface area (Å²) in [5.41, 5.74) is 7.71. The Kier molecular flexibility index (Phi) is 7.58. The van der Waals surface area contributed by atoms with Crippen LogP contribution >= 0.6 is 11.6 Å². The number of rotatable bonds is 6. The van der Waals surface area contributed by atoms with Gasteiger partial charge in [0.05, 0.1) is 18.9 Å². The highest BCUT2D eigenvalue weighted by Gasteiger charge is 2.45. The Morgan fingerprint density at radius 1 is 1.26 bits per heavy atom. The van der Waals surface area contributed by atoms with Crippen LogP contribution in [-0.4, -0.2) is 53.0 Å². The number of hydrogen-bond acceptors (Lipinski definition) is 7. The molecular weight excluding hydrogens is 537 g/mol. The van der Waals surface area contributed by atoms with Crippen molar-refractivity contribution in [2.45, 2.75) is 50.4 Å². The lowest BCUT2D eigenvalue weighted by Crippen LogP contribution is -2.30. The van der Waals surface area contributed by atoms with Crippen molar-refractivity contribution in [3.63, 3.8) is 0 Å². The van der Waals surface area contributed by atoms with E-state index in [1.807, 2.05) is 12.2 Å². The summed E-state index contributed by atoms with van der Waals surface area (Å²) in [7, 11) is 0. The minimum Gasteiger partial charge on any atom is -0.480 e. The number of carboxylic acids is 1. The van der Waals surface area contributed by atoms with Gasteiger partial charge in [0, 0.05) is 23.2 Å². The van der Waals surface area contributed by atoms with E-state index >= 15 is 0 Å². The summed E-state index contributed by atoms with van der Waals surface area (Å²) in [5, 5.41) is 12.7. The fourth-order valence-electron chi connectivity index (χ4n) is 5.49. The lowest BCUT2D eigenvalue weighted by atomic mass is 9.73. The van der Waals surface area contributed by atoms with Crippen molar-refractivity contribution in [2.75, 3.05) is 25.5 Å². The zero-order valence-corrected chi connectivity index (χ0v) is 21.7. The summed E-state index contributed by atoms with van der Waals surface area (Å²) in [5.74, 6) is -1.38. The average molecular weight is 565 g/mol. The van der Waals surface area contributed by atoms with Crippen LogP contribution in [0.4, 0.5) is 19.1 Å². The molecule has 1 spiro atoms. The molecule has 8 nitrogen and oxygen atoms in total. The third kappa shape index (κ3) is 6.05. The number of nitrogen functional groups attached to an aromatic ring is 1. The standard InChI is InChI=1S/C27H28ClF3N4O4/c28-17-3-4-18(19(10-17)16-2-1-9-38-13-16)23(27(29,30)31)39-22-11-20(34-25(32)35-22)15-5-7-26(8-6-15)12-21(24(36)37)33-14-26/h2-5,10-11,21,23,33H,1,6-9,12-14H2,(H,36,37)(H2,32,34,35)/t21-,23?,26-/m1/s1. The Hall–Kier alpha value is -3.15. The van der Waals surface area contributed by atoms with Gasteiger partial charge in [-0.25, -0.2) is 4.98 Å². The van der Waals surface area contributed by atoms with Gasteiger partial charge < -0.3 is 25.6 Å². The van der Waals surface area contributed by atoms with Crippen molar-refractivity contribution in [2.24, 2.45) is 5.41 Å². The van der Waals surface area contributed by atoms with E-state index in [2.05, 4.69) is 15.3 Å². The number of carbonyl (C=O) groups is 1. The van der Waals surface area contributed by atoms with E-state index in [-0.39, 0.29) is 29.4 Å². The van der Waals surface area contributed by atoms with Gasteiger partial charge in [-0.3, -0.25) is 4.79 Å². The normalized spacial score (nSPS) is 24.3. The molecule has 208 valence electrons. The SMILES string of the molecule is Nc1nc(OC(c2ccc(Cl)cc2C2=CCCOC2)C(F)(F)F)cc(C2=CC[C@]3(CC2)CN[C@@H](C(=O)O)C3)n1.